The van der Waals surface area contributed by atoms with E-state index in [0.717, 1.165) is 18.2 Å². The van der Waals surface area contributed by atoms with Crippen LogP contribution in [0.1, 0.15) is 0 Å². The number of anilines is 1. The van der Waals surface area contributed by atoms with Crippen LogP contribution >= 0.6 is 11.8 Å². The lowest BCUT2D eigenvalue weighted by atomic mass is 10.3. The number of aliphatic carboxylic acids is 1. The van der Waals surface area contributed by atoms with Crippen LogP contribution in [0.25, 0.3) is 0 Å². The predicted octanol–water partition coefficient (Wildman–Crippen LogP) is 2.81. The van der Waals surface area contributed by atoms with E-state index in [-0.39, 0.29) is 0 Å². The number of nitrogens with one attached hydrogen (secondary N) is 1. The van der Waals surface area contributed by atoms with E-state index in [1.165, 1.54) is 6.07 Å². The van der Waals surface area contributed by atoms with Gasteiger partial charge in [0.2, 0.25) is 5.91 Å². The van der Waals surface area contributed by atoms with E-state index in [4.69, 9.17) is 0 Å². The third kappa shape index (κ3) is 5.11. The van der Waals surface area contributed by atoms with Gasteiger partial charge in [0.05, 0.1) is 11.7 Å². The first-order chi connectivity index (χ1) is 11.3. The molecule has 0 saturated heterocycles. The van der Waals surface area contributed by atoms with Gasteiger partial charge in [-0.3, -0.25) is 4.79 Å². The van der Waals surface area contributed by atoms with Gasteiger partial charge in [-0.15, -0.1) is 0 Å². The molecule has 25 heavy (non-hydrogen) atoms. The van der Waals surface area contributed by atoms with Gasteiger partial charge in [0.25, 0.3) is 0 Å². The van der Waals surface area contributed by atoms with Gasteiger partial charge in [-0.05, 0) is 30.0 Å². The Labute approximate surface area is 139 Å². The maximum absolute atomic E-state index is 13.4. The summed E-state index contributed by atoms with van der Waals surface area (Å²) in [5.41, 5.74) is -0.516. The highest BCUT2D eigenvalue weighted by Gasteiger charge is 2.73. The molecule has 0 unspecified atom stereocenters. The van der Waals surface area contributed by atoms with Gasteiger partial charge in [-0.1, -0.05) is 12.1 Å². The van der Waals surface area contributed by atoms with Crippen LogP contribution in [-0.4, -0.2) is 29.2 Å². The fraction of sp³-hybridized carbons (Fsp3) is 0.231. The Hall–Kier alpha value is -2.24. The zero-order valence-corrected chi connectivity index (χ0v) is 12.6. The Morgan fingerprint density at radius 1 is 1.00 bits per heavy atom. The second kappa shape index (κ2) is 7.33. The minimum absolute atomic E-state index is 0.303. The summed E-state index contributed by atoms with van der Waals surface area (Å²) in [6.45, 7) is 0. The van der Waals surface area contributed by atoms with Crippen LogP contribution < -0.4 is 10.4 Å². The van der Waals surface area contributed by atoms with Crippen molar-refractivity contribution in [2.75, 3.05) is 5.32 Å². The van der Waals surface area contributed by atoms with Crippen LogP contribution in [0.4, 0.5) is 36.4 Å². The number of amides is 1. The number of halogens is 7. The molecule has 1 aromatic rings. The summed E-state index contributed by atoms with van der Waals surface area (Å²) in [6.07, 6.45) is -5.74. The lowest BCUT2D eigenvalue weighted by molar-refractivity contribution is -0.330. The molecule has 138 valence electrons. The molecule has 1 aromatic carbocycles. The number of alkyl halides is 7. The fourth-order valence-electron chi connectivity index (χ4n) is 1.34. The van der Waals surface area contributed by atoms with E-state index in [9.17, 15) is 45.4 Å². The van der Waals surface area contributed by atoms with Gasteiger partial charge >= 0.3 is 17.4 Å². The summed E-state index contributed by atoms with van der Waals surface area (Å²) in [7, 11) is 0. The number of benzene rings is 1. The van der Waals surface area contributed by atoms with Crippen molar-refractivity contribution < 1.29 is 45.4 Å². The zero-order chi connectivity index (χ0) is 19.5. The molecule has 0 fully saturated rings. The molecule has 4 nitrogen and oxygen atoms in total. The number of carbonyl (C=O) groups excluding carboxylic acids is 2. The highest BCUT2D eigenvalue weighted by molar-refractivity contribution is 8.00. The molecule has 0 aliphatic rings. The molecule has 0 heterocycles. The molecule has 0 spiro atoms. The van der Waals surface area contributed by atoms with Gasteiger partial charge < -0.3 is 15.2 Å². The van der Waals surface area contributed by atoms with Crippen LogP contribution in [0.3, 0.4) is 0 Å². The molecule has 1 N–H and O–H groups in total. The number of hydrogen-bond donors (Lipinski definition) is 1. The van der Waals surface area contributed by atoms with E-state index in [1.807, 2.05) is 5.32 Å². The van der Waals surface area contributed by atoms with Crippen LogP contribution in [0.5, 0.6) is 0 Å². The molecular formula is C13H7F7NO3S-. The van der Waals surface area contributed by atoms with Crippen molar-refractivity contribution in [3.63, 3.8) is 0 Å². The maximum Gasteiger partial charge on any atom is 0.460 e. The topological polar surface area (TPSA) is 69.2 Å². The number of para-hydroxylation sites is 1. The lowest BCUT2D eigenvalue weighted by Gasteiger charge is -2.27. The van der Waals surface area contributed by atoms with E-state index >= 15 is 0 Å². The van der Waals surface area contributed by atoms with Crippen LogP contribution in [0.15, 0.2) is 41.3 Å². The monoisotopic (exact) mass is 390 g/mol. The lowest BCUT2D eigenvalue weighted by Crippen LogP contribution is -2.49. The molecule has 0 atom stereocenters. The third-order valence-electron chi connectivity index (χ3n) is 2.48. The number of carboxylic acid groups (broad SMARTS) is 1. The molecule has 0 bridgehead atoms. The molecule has 1 rings (SSSR count). The molecule has 0 aromatic heterocycles. The number of carboxylic acids is 1. The zero-order valence-electron chi connectivity index (χ0n) is 11.7. The average Bonchev–Trinajstić information content (AvgIpc) is 2.45. The molecule has 0 aliphatic heterocycles. The minimum Gasteiger partial charge on any atom is -0.545 e. The summed E-state index contributed by atoms with van der Waals surface area (Å²) >= 11 is -1.10. The highest BCUT2D eigenvalue weighted by atomic mass is 32.2. The quantitative estimate of drug-likeness (QED) is 0.461. The number of thioether (sulfide) groups is 1. The van der Waals surface area contributed by atoms with Gasteiger partial charge in [0.1, 0.15) is 0 Å². The van der Waals surface area contributed by atoms with Crippen LogP contribution in [0.2, 0.25) is 0 Å². The fourth-order valence-corrected chi connectivity index (χ4v) is 2.24. The minimum atomic E-state index is -6.49. The first kappa shape index (κ1) is 20.8. The Balaban J connectivity index is 3.08. The van der Waals surface area contributed by atoms with E-state index < -0.39 is 51.6 Å². The standard InChI is InChI=1S/C13H8F7NO3S/c14-11(15,12(16,17)18)13(19,20)25-8-4-2-1-3-7(8)21-9(22)5-6-10(23)24/h1-6H,(H,21,22)(H,23,24)/p-1/b6-5+. The SMILES string of the molecule is O=C([O-])/C=C/C(=O)Nc1ccccc1SC(F)(F)C(F)(F)C(F)(F)F. The van der Waals surface area contributed by atoms with Gasteiger partial charge in [0, 0.05) is 11.0 Å². The third-order valence-corrected chi connectivity index (χ3v) is 3.56. The maximum atomic E-state index is 13.4. The average molecular weight is 390 g/mol. The molecule has 0 aliphatic carbocycles. The van der Waals surface area contributed by atoms with Crippen molar-refractivity contribution in [1.82, 2.24) is 0 Å². The summed E-state index contributed by atoms with van der Waals surface area (Å²) in [4.78, 5) is 20.7. The van der Waals surface area contributed by atoms with Crippen LogP contribution in [-0.2, 0) is 9.59 Å². The van der Waals surface area contributed by atoms with Crippen molar-refractivity contribution >= 4 is 29.3 Å². The second-order valence-electron chi connectivity index (χ2n) is 4.33. The molecule has 0 saturated carbocycles. The molecule has 0 radical (unpaired) electrons. The van der Waals surface area contributed by atoms with Gasteiger partial charge in [0.15, 0.2) is 0 Å². The first-order valence-corrected chi connectivity index (χ1v) is 6.90. The van der Waals surface area contributed by atoms with E-state index in [0.29, 0.717) is 12.2 Å². The molecule has 12 heteroatoms. The van der Waals surface area contributed by atoms with Gasteiger partial charge in [-0.2, -0.15) is 30.7 Å². The second-order valence-corrected chi connectivity index (χ2v) is 5.49. The van der Waals surface area contributed by atoms with E-state index in [2.05, 4.69) is 0 Å². The molecule has 1 amide bonds. The van der Waals surface area contributed by atoms with Crippen molar-refractivity contribution in [1.29, 1.82) is 0 Å². The van der Waals surface area contributed by atoms with Crippen LogP contribution in [0, 0.1) is 0 Å². The Morgan fingerprint density at radius 3 is 2.08 bits per heavy atom. The normalized spacial score (nSPS) is 13.1. The summed E-state index contributed by atoms with van der Waals surface area (Å²) < 4.78 is 89.1. The molecular weight excluding hydrogens is 383 g/mol. The van der Waals surface area contributed by atoms with Crippen molar-refractivity contribution in [2.45, 2.75) is 22.2 Å². The summed E-state index contributed by atoms with van der Waals surface area (Å²) in [6, 6.07) is 3.98. The predicted molar refractivity (Wildman–Crippen MR) is 71.0 cm³/mol. The number of hydrogen-bond acceptors (Lipinski definition) is 4. The summed E-state index contributed by atoms with van der Waals surface area (Å²) in [5.74, 6) is -9.21. The summed E-state index contributed by atoms with van der Waals surface area (Å²) in [5, 5.41) is 6.46. The smallest absolute Gasteiger partial charge is 0.460 e. The largest absolute Gasteiger partial charge is 0.545 e. The van der Waals surface area contributed by atoms with Crippen molar-refractivity contribution in [3.8, 4) is 0 Å². The Morgan fingerprint density at radius 2 is 1.56 bits per heavy atom. The number of carbonyl (C=O) groups is 2. The van der Waals surface area contributed by atoms with Crippen molar-refractivity contribution in [2.24, 2.45) is 0 Å². The highest BCUT2D eigenvalue weighted by Crippen LogP contribution is 2.54. The van der Waals surface area contributed by atoms with Crippen molar-refractivity contribution in [3.05, 3.63) is 36.4 Å². The first-order valence-electron chi connectivity index (χ1n) is 6.08. The Kier molecular flexibility index (Phi) is 6.10. The van der Waals surface area contributed by atoms with Gasteiger partial charge in [-0.25, -0.2) is 0 Å². The Bertz CT molecular complexity index is 688. The number of rotatable bonds is 6. The van der Waals surface area contributed by atoms with E-state index in [1.54, 1.807) is 0 Å².